The second-order valence-electron chi connectivity index (χ2n) is 3.43. The Morgan fingerprint density at radius 1 is 1.19 bits per heavy atom. The van der Waals surface area contributed by atoms with Gasteiger partial charge in [0.15, 0.2) is 0 Å². The van der Waals surface area contributed by atoms with Crippen LogP contribution in [0.25, 0.3) is 10.8 Å². The van der Waals surface area contributed by atoms with Crippen molar-refractivity contribution in [2.24, 2.45) is 5.84 Å². The van der Waals surface area contributed by atoms with E-state index in [2.05, 4.69) is 10.4 Å². The molecule has 0 spiro atoms. The van der Waals surface area contributed by atoms with Gasteiger partial charge in [-0.3, -0.25) is 10.8 Å². The lowest BCUT2D eigenvalue weighted by Crippen LogP contribution is -2.33. The first-order valence-corrected chi connectivity index (χ1v) is 4.81. The molecule has 0 aliphatic carbocycles. The van der Waals surface area contributed by atoms with Crippen LogP contribution < -0.4 is 11.3 Å². The van der Waals surface area contributed by atoms with Gasteiger partial charge in [-0.1, -0.05) is 24.3 Å². The normalized spacial score (nSPS) is 13.2. The molecule has 1 aromatic heterocycles. The first kappa shape index (κ1) is 10.9. The van der Waals surface area contributed by atoms with Gasteiger partial charge in [0.1, 0.15) is 6.04 Å². The second kappa shape index (κ2) is 4.51. The van der Waals surface area contributed by atoms with Gasteiger partial charge in [0, 0.05) is 23.3 Å². The lowest BCUT2D eigenvalue weighted by Gasteiger charge is -2.16. The molecular weight excluding hydrogens is 212 g/mol. The zero-order valence-electron chi connectivity index (χ0n) is 8.40. The Morgan fingerprint density at radius 2 is 1.94 bits per heavy atom. The molecule has 0 saturated carbocycles. The first-order chi connectivity index (χ1) is 7.74. The molecular formula is C11H11F2N3. The SMILES string of the molecule is NNC(c1cncc2ccccc12)C(F)F. The van der Waals surface area contributed by atoms with Gasteiger partial charge >= 0.3 is 0 Å². The minimum Gasteiger partial charge on any atom is -0.271 e. The van der Waals surface area contributed by atoms with Gasteiger partial charge in [-0.15, -0.1) is 0 Å². The van der Waals surface area contributed by atoms with Gasteiger partial charge in [0.05, 0.1) is 0 Å². The van der Waals surface area contributed by atoms with E-state index in [1.54, 1.807) is 18.3 Å². The molecule has 0 bridgehead atoms. The largest absolute Gasteiger partial charge is 0.271 e. The highest BCUT2D eigenvalue weighted by atomic mass is 19.3. The average Bonchev–Trinajstić information content (AvgIpc) is 2.30. The number of hydrazine groups is 1. The van der Waals surface area contributed by atoms with Crippen LogP contribution in [0.5, 0.6) is 0 Å². The summed E-state index contributed by atoms with van der Waals surface area (Å²) < 4.78 is 25.5. The zero-order valence-corrected chi connectivity index (χ0v) is 8.40. The molecule has 1 unspecified atom stereocenters. The maximum Gasteiger partial charge on any atom is 0.259 e. The predicted octanol–water partition coefficient (Wildman–Crippen LogP) is 2.00. The Balaban J connectivity index is 2.59. The summed E-state index contributed by atoms with van der Waals surface area (Å²) in [5.74, 6) is 5.14. The maximum absolute atomic E-state index is 12.7. The van der Waals surface area contributed by atoms with Crippen molar-refractivity contribution in [3.05, 3.63) is 42.2 Å². The van der Waals surface area contributed by atoms with Crippen LogP contribution in [-0.2, 0) is 0 Å². The van der Waals surface area contributed by atoms with Crippen LogP contribution in [0, 0.1) is 0 Å². The number of nitrogens with one attached hydrogen (secondary N) is 1. The molecule has 0 aliphatic heterocycles. The third-order valence-electron chi connectivity index (χ3n) is 2.47. The van der Waals surface area contributed by atoms with Crippen LogP contribution in [0.3, 0.4) is 0 Å². The molecule has 0 fully saturated rings. The summed E-state index contributed by atoms with van der Waals surface area (Å²) >= 11 is 0. The molecule has 2 rings (SSSR count). The van der Waals surface area contributed by atoms with Crippen molar-refractivity contribution in [3.63, 3.8) is 0 Å². The molecule has 2 aromatic rings. The summed E-state index contributed by atoms with van der Waals surface area (Å²) in [6.07, 6.45) is 0.481. The molecule has 5 heteroatoms. The molecule has 0 aliphatic rings. The van der Waals surface area contributed by atoms with Crippen LogP contribution >= 0.6 is 0 Å². The van der Waals surface area contributed by atoms with Gasteiger partial charge in [0.2, 0.25) is 0 Å². The number of nitrogens with zero attached hydrogens (tertiary/aromatic N) is 1. The van der Waals surface area contributed by atoms with Gasteiger partial charge in [0.25, 0.3) is 6.43 Å². The molecule has 1 aromatic carbocycles. The zero-order chi connectivity index (χ0) is 11.5. The summed E-state index contributed by atoms with van der Waals surface area (Å²) in [7, 11) is 0. The highest BCUT2D eigenvalue weighted by molar-refractivity contribution is 5.85. The minimum absolute atomic E-state index is 0.413. The summed E-state index contributed by atoms with van der Waals surface area (Å²) in [5, 5.41) is 1.56. The third-order valence-corrected chi connectivity index (χ3v) is 2.47. The number of benzene rings is 1. The molecule has 16 heavy (non-hydrogen) atoms. The summed E-state index contributed by atoms with van der Waals surface area (Å²) in [6, 6.07) is 6.04. The van der Waals surface area contributed by atoms with Crippen LogP contribution in [0.2, 0.25) is 0 Å². The van der Waals surface area contributed by atoms with E-state index in [0.717, 1.165) is 10.8 Å². The Hall–Kier alpha value is -1.59. The van der Waals surface area contributed by atoms with Gasteiger partial charge in [-0.2, -0.15) is 0 Å². The van der Waals surface area contributed by atoms with E-state index in [1.807, 2.05) is 12.1 Å². The fourth-order valence-electron chi connectivity index (χ4n) is 1.69. The van der Waals surface area contributed by atoms with E-state index in [4.69, 9.17) is 5.84 Å². The van der Waals surface area contributed by atoms with Crippen molar-refractivity contribution in [1.29, 1.82) is 0 Å². The lowest BCUT2D eigenvalue weighted by atomic mass is 10.0. The highest BCUT2D eigenvalue weighted by Gasteiger charge is 2.22. The van der Waals surface area contributed by atoms with Crippen molar-refractivity contribution in [2.75, 3.05) is 0 Å². The Morgan fingerprint density at radius 3 is 2.62 bits per heavy atom. The molecule has 84 valence electrons. The summed E-state index contributed by atoms with van der Waals surface area (Å²) in [6.45, 7) is 0. The third kappa shape index (κ3) is 1.87. The number of hydrogen-bond acceptors (Lipinski definition) is 3. The van der Waals surface area contributed by atoms with Crippen molar-refractivity contribution >= 4 is 10.8 Å². The Bertz CT molecular complexity index is 482. The standard InChI is InChI=1S/C11H11F2N3/c12-11(13)10(16-14)9-6-15-5-7-3-1-2-4-8(7)9/h1-6,10-11,16H,14H2. The van der Waals surface area contributed by atoms with Crippen LogP contribution in [0.4, 0.5) is 8.78 Å². The predicted molar refractivity (Wildman–Crippen MR) is 57.8 cm³/mol. The number of hydrogen-bond donors (Lipinski definition) is 2. The molecule has 3 N–H and O–H groups in total. The molecule has 3 nitrogen and oxygen atoms in total. The van der Waals surface area contributed by atoms with E-state index >= 15 is 0 Å². The van der Waals surface area contributed by atoms with E-state index in [9.17, 15) is 8.78 Å². The monoisotopic (exact) mass is 223 g/mol. The topological polar surface area (TPSA) is 50.9 Å². The molecule has 1 atom stereocenters. The summed E-state index contributed by atoms with van der Waals surface area (Å²) in [4.78, 5) is 3.94. The number of alkyl halides is 2. The van der Waals surface area contributed by atoms with Gasteiger partial charge in [-0.25, -0.2) is 14.2 Å². The molecule has 0 saturated heterocycles. The number of rotatable bonds is 3. The van der Waals surface area contributed by atoms with Gasteiger partial charge < -0.3 is 0 Å². The minimum atomic E-state index is -2.57. The van der Waals surface area contributed by atoms with Crippen LogP contribution in [0.1, 0.15) is 11.6 Å². The average molecular weight is 223 g/mol. The molecule has 0 amide bonds. The van der Waals surface area contributed by atoms with E-state index in [-0.39, 0.29) is 0 Å². The highest BCUT2D eigenvalue weighted by Crippen LogP contribution is 2.26. The number of pyridine rings is 1. The quantitative estimate of drug-likeness (QED) is 0.618. The number of halogens is 2. The van der Waals surface area contributed by atoms with Gasteiger partial charge in [-0.05, 0) is 5.39 Å². The lowest BCUT2D eigenvalue weighted by molar-refractivity contribution is 0.0991. The fraction of sp³-hybridized carbons (Fsp3) is 0.182. The van der Waals surface area contributed by atoms with Crippen LogP contribution in [-0.4, -0.2) is 11.4 Å². The van der Waals surface area contributed by atoms with E-state index in [0.29, 0.717) is 5.56 Å². The van der Waals surface area contributed by atoms with Crippen molar-refractivity contribution in [3.8, 4) is 0 Å². The number of aromatic nitrogens is 1. The van der Waals surface area contributed by atoms with Crippen molar-refractivity contribution in [2.45, 2.75) is 12.5 Å². The van der Waals surface area contributed by atoms with Crippen molar-refractivity contribution < 1.29 is 8.78 Å². The summed E-state index contributed by atoms with van der Waals surface area (Å²) in [5.41, 5.74) is 2.53. The Kier molecular flexibility index (Phi) is 3.07. The second-order valence-corrected chi connectivity index (χ2v) is 3.43. The Labute approximate surface area is 91.3 Å². The molecule has 0 radical (unpaired) electrons. The molecule has 1 heterocycles. The smallest absolute Gasteiger partial charge is 0.259 e. The number of nitrogens with two attached hydrogens (primary N) is 1. The van der Waals surface area contributed by atoms with E-state index < -0.39 is 12.5 Å². The van der Waals surface area contributed by atoms with E-state index in [1.165, 1.54) is 6.20 Å². The maximum atomic E-state index is 12.7. The fourth-order valence-corrected chi connectivity index (χ4v) is 1.69. The van der Waals surface area contributed by atoms with Crippen molar-refractivity contribution in [1.82, 2.24) is 10.4 Å². The number of fused-ring (bicyclic) bond motifs is 1. The first-order valence-electron chi connectivity index (χ1n) is 4.81. The van der Waals surface area contributed by atoms with Crippen LogP contribution in [0.15, 0.2) is 36.7 Å².